The van der Waals surface area contributed by atoms with E-state index in [0.29, 0.717) is 5.92 Å². The van der Waals surface area contributed by atoms with Crippen molar-refractivity contribution in [2.24, 2.45) is 11.1 Å². The number of rotatable bonds is 4. The van der Waals surface area contributed by atoms with Gasteiger partial charge in [0.15, 0.2) is 0 Å². The summed E-state index contributed by atoms with van der Waals surface area (Å²) in [6, 6.07) is 6.55. The van der Waals surface area contributed by atoms with E-state index in [1.807, 2.05) is 6.07 Å². The van der Waals surface area contributed by atoms with E-state index in [4.69, 9.17) is 5.21 Å². The third-order valence-corrected chi connectivity index (χ3v) is 3.35. The minimum Gasteiger partial charge on any atom is -0.411 e. The van der Waals surface area contributed by atoms with E-state index in [0.717, 1.165) is 18.4 Å². The molecule has 1 aliphatic rings. The number of hydrogen-bond donors (Lipinski definition) is 1. The molecule has 1 aliphatic carbocycles. The molecule has 5 heteroatoms. The molecule has 0 aliphatic heterocycles. The second-order valence-electron chi connectivity index (χ2n) is 4.33. The molecule has 1 saturated carbocycles. The van der Waals surface area contributed by atoms with Crippen molar-refractivity contribution in [1.82, 2.24) is 0 Å². The maximum atomic E-state index is 10.7. The Morgan fingerprint density at radius 1 is 1.53 bits per heavy atom. The summed E-state index contributed by atoms with van der Waals surface area (Å²) in [4.78, 5) is 10.3. The molecule has 0 saturated heterocycles. The van der Waals surface area contributed by atoms with E-state index >= 15 is 0 Å². The van der Waals surface area contributed by atoms with Crippen molar-refractivity contribution < 1.29 is 10.1 Å². The highest BCUT2D eigenvalue weighted by Gasteiger charge is 2.28. The summed E-state index contributed by atoms with van der Waals surface area (Å²) in [5.41, 5.74) is 0.930. The fourth-order valence-corrected chi connectivity index (χ4v) is 2.20. The first-order valence-corrected chi connectivity index (χ1v) is 5.64. The van der Waals surface area contributed by atoms with Gasteiger partial charge in [-0.05, 0) is 24.3 Å². The zero-order valence-corrected chi connectivity index (χ0v) is 9.32. The van der Waals surface area contributed by atoms with Crippen LogP contribution in [0.1, 0.15) is 30.7 Å². The quantitative estimate of drug-likeness (QED) is 0.376. The molecule has 0 radical (unpaired) electrons. The van der Waals surface area contributed by atoms with Gasteiger partial charge in [-0.25, -0.2) is 0 Å². The Hall–Kier alpha value is -1.91. The molecule has 0 amide bonds. The zero-order chi connectivity index (χ0) is 12.3. The highest BCUT2D eigenvalue weighted by molar-refractivity contribution is 5.68. The molecule has 0 heterocycles. The molecule has 17 heavy (non-hydrogen) atoms. The predicted octanol–water partition coefficient (Wildman–Crippen LogP) is 2.94. The van der Waals surface area contributed by atoms with Crippen LogP contribution in [0.5, 0.6) is 0 Å². The minimum absolute atomic E-state index is 0.0198. The van der Waals surface area contributed by atoms with E-state index < -0.39 is 4.92 Å². The SMILES string of the molecule is O=[N+]([O-])c1cccc(C(/C=N/O)C2CCC2)c1. The lowest BCUT2D eigenvalue weighted by atomic mass is 9.73. The van der Waals surface area contributed by atoms with Crippen LogP contribution in [-0.2, 0) is 0 Å². The highest BCUT2D eigenvalue weighted by atomic mass is 16.6. The van der Waals surface area contributed by atoms with Gasteiger partial charge in [0.1, 0.15) is 0 Å². The standard InChI is InChI=1S/C12H14N2O3/c15-13-8-12(9-3-1-4-9)10-5-2-6-11(7-10)14(16)17/h2,5-9,12,15H,1,3-4H2/b13-8+. The predicted molar refractivity (Wildman–Crippen MR) is 63.5 cm³/mol. The number of hydrogen-bond acceptors (Lipinski definition) is 4. The molecule has 1 atom stereocenters. The van der Waals surface area contributed by atoms with E-state index in [1.165, 1.54) is 18.7 Å². The molecule has 0 spiro atoms. The molecule has 0 bridgehead atoms. The minimum atomic E-state index is -0.405. The lowest BCUT2D eigenvalue weighted by Gasteiger charge is -2.31. The maximum Gasteiger partial charge on any atom is 0.269 e. The molecular formula is C12H14N2O3. The summed E-state index contributed by atoms with van der Waals surface area (Å²) in [5.74, 6) is 0.418. The average molecular weight is 234 g/mol. The molecule has 0 aromatic heterocycles. The van der Waals surface area contributed by atoms with Crippen LogP contribution in [-0.4, -0.2) is 16.3 Å². The molecule has 1 unspecified atom stereocenters. The van der Waals surface area contributed by atoms with Crippen LogP contribution in [0.25, 0.3) is 0 Å². The van der Waals surface area contributed by atoms with Crippen LogP contribution in [0, 0.1) is 16.0 Å². The van der Waals surface area contributed by atoms with Gasteiger partial charge in [-0.2, -0.15) is 0 Å². The third-order valence-electron chi connectivity index (χ3n) is 3.35. The topological polar surface area (TPSA) is 75.7 Å². The van der Waals surface area contributed by atoms with E-state index in [1.54, 1.807) is 12.1 Å². The van der Waals surface area contributed by atoms with Crippen LogP contribution < -0.4 is 0 Å². The van der Waals surface area contributed by atoms with Gasteiger partial charge in [-0.3, -0.25) is 10.1 Å². The smallest absolute Gasteiger partial charge is 0.269 e. The Kier molecular flexibility index (Phi) is 3.37. The summed E-state index contributed by atoms with van der Waals surface area (Å²) in [6.45, 7) is 0. The monoisotopic (exact) mass is 234 g/mol. The van der Waals surface area contributed by atoms with E-state index in [-0.39, 0.29) is 11.6 Å². The van der Waals surface area contributed by atoms with Crippen molar-refractivity contribution in [3.05, 3.63) is 39.9 Å². The molecule has 2 rings (SSSR count). The molecular weight excluding hydrogens is 220 g/mol. The molecule has 1 aromatic rings. The van der Waals surface area contributed by atoms with Crippen molar-refractivity contribution in [2.75, 3.05) is 0 Å². The third kappa shape index (κ3) is 2.43. The summed E-state index contributed by atoms with van der Waals surface area (Å²) in [5, 5.41) is 22.5. The fraction of sp³-hybridized carbons (Fsp3) is 0.417. The van der Waals surface area contributed by atoms with Crippen molar-refractivity contribution in [3.8, 4) is 0 Å². The molecule has 1 N–H and O–H groups in total. The number of non-ortho nitro benzene ring substituents is 1. The van der Waals surface area contributed by atoms with Gasteiger partial charge in [0.25, 0.3) is 5.69 Å². The fourth-order valence-electron chi connectivity index (χ4n) is 2.20. The van der Waals surface area contributed by atoms with E-state index in [9.17, 15) is 10.1 Å². The number of nitrogens with zero attached hydrogens (tertiary/aromatic N) is 2. The van der Waals surface area contributed by atoms with Gasteiger partial charge >= 0.3 is 0 Å². The second kappa shape index (κ2) is 4.95. The van der Waals surface area contributed by atoms with Crippen molar-refractivity contribution >= 4 is 11.9 Å². The van der Waals surface area contributed by atoms with Crippen LogP contribution >= 0.6 is 0 Å². The highest BCUT2D eigenvalue weighted by Crippen LogP contribution is 2.38. The van der Waals surface area contributed by atoms with Gasteiger partial charge in [-0.1, -0.05) is 18.6 Å². The van der Waals surface area contributed by atoms with Gasteiger partial charge < -0.3 is 5.21 Å². The van der Waals surface area contributed by atoms with Crippen LogP contribution in [0.2, 0.25) is 0 Å². The van der Waals surface area contributed by atoms with Crippen molar-refractivity contribution in [3.63, 3.8) is 0 Å². The molecule has 1 aromatic carbocycles. The lowest BCUT2D eigenvalue weighted by molar-refractivity contribution is -0.384. The Morgan fingerprint density at radius 2 is 2.29 bits per heavy atom. The second-order valence-corrected chi connectivity index (χ2v) is 4.33. The van der Waals surface area contributed by atoms with Crippen LogP contribution in [0.15, 0.2) is 29.4 Å². The summed E-state index contributed by atoms with van der Waals surface area (Å²) < 4.78 is 0. The van der Waals surface area contributed by atoms with E-state index in [2.05, 4.69) is 5.16 Å². The van der Waals surface area contributed by atoms with Gasteiger partial charge in [-0.15, -0.1) is 5.16 Å². The summed E-state index contributed by atoms with van der Waals surface area (Å²) >= 11 is 0. The number of benzene rings is 1. The first kappa shape index (κ1) is 11.6. The maximum absolute atomic E-state index is 10.7. The van der Waals surface area contributed by atoms with Gasteiger partial charge in [0.2, 0.25) is 0 Å². The van der Waals surface area contributed by atoms with Crippen molar-refractivity contribution in [2.45, 2.75) is 25.2 Å². The van der Waals surface area contributed by atoms with Gasteiger partial charge in [0, 0.05) is 18.1 Å². The Balaban J connectivity index is 2.28. The molecule has 90 valence electrons. The largest absolute Gasteiger partial charge is 0.411 e. The molecule has 5 nitrogen and oxygen atoms in total. The Labute approximate surface area is 98.9 Å². The average Bonchev–Trinajstić information content (AvgIpc) is 2.26. The number of nitro benzene ring substituents is 1. The Bertz CT molecular complexity index is 441. The number of nitro groups is 1. The first-order valence-electron chi connectivity index (χ1n) is 5.64. The summed E-state index contributed by atoms with van der Waals surface area (Å²) in [7, 11) is 0. The number of oxime groups is 1. The van der Waals surface area contributed by atoms with Crippen LogP contribution in [0.3, 0.4) is 0 Å². The van der Waals surface area contributed by atoms with Gasteiger partial charge in [0.05, 0.1) is 11.1 Å². The molecule has 1 fully saturated rings. The van der Waals surface area contributed by atoms with Crippen molar-refractivity contribution in [1.29, 1.82) is 0 Å². The first-order chi connectivity index (χ1) is 8.22. The van der Waals surface area contributed by atoms with Crippen LogP contribution in [0.4, 0.5) is 5.69 Å². The summed E-state index contributed by atoms with van der Waals surface area (Å²) in [6.07, 6.45) is 4.82. The normalized spacial score (nSPS) is 17.9. The lowest BCUT2D eigenvalue weighted by Crippen LogP contribution is -2.21. The Morgan fingerprint density at radius 3 is 2.82 bits per heavy atom. The zero-order valence-electron chi connectivity index (χ0n) is 9.32.